The van der Waals surface area contributed by atoms with Gasteiger partial charge in [0, 0.05) is 12.0 Å². The van der Waals surface area contributed by atoms with E-state index in [0.29, 0.717) is 18.1 Å². The Kier molecular flexibility index (Phi) is 2.06. The minimum absolute atomic E-state index is 0.291. The minimum atomic E-state index is 0.291. The Bertz CT molecular complexity index is 436. The van der Waals surface area contributed by atoms with Crippen molar-refractivity contribution in [1.29, 1.82) is 0 Å². The van der Waals surface area contributed by atoms with E-state index >= 15 is 0 Å². The van der Waals surface area contributed by atoms with Crippen LogP contribution in [0.2, 0.25) is 0 Å². The lowest BCUT2D eigenvalue weighted by molar-refractivity contribution is 1.16. The van der Waals surface area contributed by atoms with Crippen LogP contribution in [0, 0.1) is 4.91 Å². The zero-order valence-electron chi connectivity index (χ0n) is 7.34. The van der Waals surface area contributed by atoms with Gasteiger partial charge in [-0.3, -0.25) is 0 Å². The van der Waals surface area contributed by atoms with Gasteiger partial charge in [-0.15, -0.1) is 4.91 Å². The largest absolute Gasteiger partial charge is 0.387 e. The van der Waals surface area contributed by atoms with E-state index in [0.717, 1.165) is 11.1 Å². The fourth-order valence-electron chi connectivity index (χ4n) is 1.44. The van der Waals surface area contributed by atoms with Crippen LogP contribution in [0.25, 0.3) is 0 Å². The third kappa shape index (κ3) is 1.39. The number of nitrogens with two attached hydrogens (primary N) is 1. The highest BCUT2D eigenvalue weighted by Crippen LogP contribution is 2.16. The number of aliphatic imine (C=N–C) groups is 1. The van der Waals surface area contributed by atoms with E-state index in [1.165, 1.54) is 0 Å². The summed E-state index contributed by atoms with van der Waals surface area (Å²) in [4.78, 5) is 14.0. The van der Waals surface area contributed by atoms with Gasteiger partial charge in [-0.1, -0.05) is 29.4 Å². The third-order valence-electron chi connectivity index (χ3n) is 2.01. The smallest absolute Gasteiger partial charge is 0.187 e. The predicted molar refractivity (Wildman–Crippen MR) is 54.1 cm³/mol. The fourth-order valence-corrected chi connectivity index (χ4v) is 1.44. The van der Waals surface area contributed by atoms with Crippen LogP contribution in [0.4, 0.5) is 0 Å². The molecule has 1 aromatic carbocycles. The van der Waals surface area contributed by atoms with E-state index in [9.17, 15) is 4.91 Å². The molecule has 0 radical (unpaired) electrons. The summed E-state index contributed by atoms with van der Waals surface area (Å²) in [5.41, 5.74) is 7.43. The summed E-state index contributed by atoms with van der Waals surface area (Å²) in [5.74, 6) is 0.741. The molecule has 14 heavy (non-hydrogen) atoms. The van der Waals surface area contributed by atoms with Crippen LogP contribution in [-0.4, -0.2) is 11.7 Å². The number of hydrogen-bond donors (Lipinski definition) is 1. The van der Waals surface area contributed by atoms with E-state index in [2.05, 4.69) is 15.4 Å². The van der Waals surface area contributed by atoms with Gasteiger partial charge in [-0.05, 0) is 5.56 Å². The maximum absolute atomic E-state index is 10.0. The number of benzene rings is 1. The molecule has 0 amide bonds. The van der Waals surface area contributed by atoms with Crippen LogP contribution in [0.15, 0.2) is 39.6 Å². The first-order valence-corrected chi connectivity index (χ1v) is 4.13. The number of fused-ring (bicyclic) bond motifs is 1. The van der Waals surface area contributed by atoms with Gasteiger partial charge in [0.05, 0.1) is 5.29 Å². The third-order valence-corrected chi connectivity index (χ3v) is 2.01. The molecule has 1 heterocycles. The van der Waals surface area contributed by atoms with Crippen LogP contribution in [-0.2, 0) is 6.42 Å². The number of hydrogen-bond acceptors (Lipinski definition) is 3. The Morgan fingerprint density at radius 2 is 2.14 bits per heavy atom. The second-order valence-corrected chi connectivity index (χ2v) is 2.94. The average molecular weight is 188 g/mol. The van der Waals surface area contributed by atoms with Crippen molar-refractivity contribution in [3.63, 3.8) is 0 Å². The van der Waals surface area contributed by atoms with Crippen molar-refractivity contribution in [2.24, 2.45) is 21.1 Å². The van der Waals surface area contributed by atoms with Crippen molar-refractivity contribution in [3.8, 4) is 0 Å². The molecule has 1 aromatic rings. The van der Waals surface area contributed by atoms with E-state index in [1.807, 2.05) is 24.3 Å². The maximum atomic E-state index is 10.0. The molecule has 5 nitrogen and oxygen atoms in total. The number of rotatable bonds is 1. The van der Waals surface area contributed by atoms with Crippen LogP contribution < -0.4 is 5.73 Å². The molecule has 0 aliphatic carbocycles. The number of nitroso groups, excluding NO2 is 1. The average Bonchev–Trinajstić information content (AvgIpc) is 2.18. The summed E-state index contributed by atoms with van der Waals surface area (Å²) in [7, 11) is 0. The van der Waals surface area contributed by atoms with Gasteiger partial charge in [0.15, 0.2) is 5.84 Å². The molecule has 2 N–H and O–H groups in total. The topological polar surface area (TPSA) is 80.2 Å². The summed E-state index contributed by atoms with van der Waals surface area (Å²) >= 11 is 0. The molecule has 5 heteroatoms. The van der Waals surface area contributed by atoms with Crippen molar-refractivity contribution in [3.05, 3.63) is 40.3 Å². The summed E-state index contributed by atoms with van der Waals surface area (Å²) in [6, 6.07) is 7.53. The molecule has 0 aromatic heterocycles. The molecule has 0 saturated carbocycles. The van der Waals surface area contributed by atoms with E-state index in [1.54, 1.807) is 0 Å². The van der Waals surface area contributed by atoms with Gasteiger partial charge in [-0.2, -0.15) is 0 Å². The molecular formula is C9H8N4O. The first-order valence-electron chi connectivity index (χ1n) is 4.13. The molecule has 0 bridgehead atoms. The summed E-state index contributed by atoms with van der Waals surface area (Å²) in [6.07, 6.45) is 0.591. The van der Waals surface area contributed by atoms with Gasteiger partial charge in [0.1, 0.15) is 5.84 Å². The first kappa shape index (κ1) is 8.55. The summed E-state index contributed by atoms with van der Waals surface area (Å²) in [6.45, 7) is 0. The normalized spacial score (nSPS) is 17.4. The molecule has 0 unspecified atom stereocenters. The highest BCUT2D eigenvalue weighted by molar-refractivity contribution is 6.10. The lowest BCUT2D eigenvalue weighted by Gasteiger charge is -2.13. The molecule has 70 valence electrons. The summed E-state index contributed by atoms with van der Waals surface area (Å²) < 4.78 is 0. The first-order chi connectivity index (χ1) is 6.81. The van der Waals surface area contributed by atoms with E-state index in [-0.39, 0.29) is 0 Å². The molecule has 2 rings (SSSR count). The van der Waals surface area contributed by atoms with Crippen molar-refractivity contribution in [1.82, 2.24) is 0 Å². The Hall–Kier alpha value is -2.04. The lowest BCUT2D eigenvalue weighted by atomic mass is 10.0. The molecule has 1 aliphatic rings. The second kappa shape index (κ2) is 3.37. The van der Waals surface area contributed by atoms with Gasteiger partial charge in [0.2, 0.25) is 0 Å². The van der Waals surface area contributed by atoms with E-state index in [4.69, 9.17) is 5.73 Å². The standard InChI is InChI=1S/C9H8N4O/c10-8-5-6-3-1-2-4-7(6)9(11-8)12-13-14/h1-4H,5H2,(H2,10,11,12,14). The Labute approximate surface area is 80.3 Å². The minimum Gasteiger partial charge on any atom is -0.387 e. The van der Waals surface area contributed by atoms with E-state index < -0.39 is 0 Å². The molecule has 0 atom stereocenters. The monoisotopic (exact) mass is 188 g/mol. The van der Waals surface area contributed by atoms with Crippen molar-refractivity contribution < 1.29 is 0 Å². The lowest BCUT2D eigenvalue weighted by Crippen LogP contribution is -2.23. The predicted octanol–water partition coefficient (Wildman–Crippen LogP) is 1.03. The fraction of sp³-hybridized carbons (Fsp3) is 0.111. The van der Waals surface area contributed by atoms with Gasteiger partial charge in [0.25, 0.3) is 0 Å². The Morgan fingerprint density at radius 1 is 1.36 bits per heavy atom. The second-order valence-electron chi connectivity index (χ2n) is 2.94. The highest BCUT2D eigenvalue weighted by Gasteiger charge is 2.15. The highest BCUT2D eigenvalue weighted by atomic mass is 16.3. The van der Waals surface area contributed by atoms with Gasteiger partial charge >= 0.3 is 0 Å². The number of nitrogens with zero attached hydrogens (tertiary/aromatic N) is 3. The van der Waals surface area contributed by atoms with Crippen molar-refractivity contribution in [2.75, 3.05) is 0 Å². The van der Waals surface area contributed by atoms with Crippen molar-refractivity contribution >= 4 is 11.7 Å². The zero-order valence-corrected chi connectivity index (χ0v) is 7.34. The van der Waals surface area contributed by atoms with Crippen LogP contribution in [0.1, 0.15) is 11.1 Å². The van der Waals surface area contributed by atoms with Gasteiger partial charge in [-0.25, -0.2) is 4.99 Å². The van der Waals surface area contributed by atoms with Crippen LogP contribution in [0.3, 0.4) is 0 Å². The molecule has 0 spiro atoms. The van der Waals surface area contributed by atoms with Crippen LogP contribution in [0.5, 0.6) is 0 Å². The molecule has 0 fully saturated rings. The Balaban J connectivity index is 2.56. The SMILES string of the molecule is NC1=N/C(=N\N=O)c2ccccc2C1. The quantitative estimate of drug-likeness (QED) is 0.527. The molecule has 0 saturated heterocycles. The Morgan fingerprint density at radius 3 is 2.93 bits per heavy atom. The molecule has 1 aliphatic heterocycles. The maximum Gasteiger partial charge on any atom is 0.187 e. The molecular weight excluding hydrogens is 180 g/mol. The summed E-state index contributed by atoms with van der Waals surface area (Å²) in [5, 5.41) is 5.86. The number of amidine groups is 2. The van der Waals surface area contributed by atoms with Crippen molar-refractivity contribution in [2.45, 2.75) is 6.42 Å². The zero-order chi connectivity index (χ0) is 9.97. The van der Waals surface area contributed by atoms with Gasteiger partial charge < -0.3 is 5.73 Å². The van der Waals surface area contributed by atoms with Crippen LogP contribution >= 0.6 is 0 Å².